The van der Waals surface area contributed by atoms with E-state index in [0.717, 1.165) is 13.0 Å². The van der Waals surface area contributed by atoms with Crippen LogP contribution in [-0.4, -0.2) is 24.8 Å². The lowest BCUT2D eigenvalue weighted by atomic mass is 10.1. The SMILES string of the molecule is CCCCCOCC(C)(C#N)NC1CC1. The van der Waals surface area contributed by atoms with Crippen molar-refractivity contribution >= 4 is 0 Å². The van der Waals surface area contributed by atoms with Crippen LogP contribution in [0.25, 0.3) is 0 Å². The average molecular weight is 210 g/mol. The lowest BCUT2D eigenvalue weighted by Crippen LogP contribution is -2.46. The van der Waals surface area contributed by atoms with Gasteiger partial charge in [0, 0.05) is 12.6 Å². The van der Waals surface area contributed by atoms with Gasteiger partial charge in [0.15, 0.2) is 0 Å². The molecule has 1 fully saturated rings. The zero-order valence-corrected chi connectivity index (χ0v) is 9.88. The van der Waals surface area contributed by atoms with Crippen LogP contribution >= 0.6 is 0 Å². The maximum Gasteiger partial charge on any atom is 0.127 e. The maximum atomic E-state index is 9.07. The molecule has 1 aliphatic rings. The van der Waals surface area contributed by atoms with Crippen molar-refractivity contribution in [3.05, 3.63) is 0 Å². The molecule has 0 bridgehead atoms. The Hall–Kier alpha value is -0.590. The third-order valence-electron chi connectivity index (χ3n) is 2.63. The fourth-order valence-electron chi connectivity index (χ4n) is 1.51. The highest BCUT2D eigenvalue weighted by atomic mass is 16.5. The molecule has 15 heavy (non-hydrogen) atoms. The van der Waals surface area contributed by atoms with Gasteiger partial charge in [-0.3, -0.25) is 5.32 Å². The molecule has 0 spiro atoms. The zero-order valence-electron chi connectivity index (χ0n) is 9.88. The van der Waals surface area contributed by atoms with Crippen molar-refractivity contribution in [1.82, 2.24) is 5.32 Å². The van der Waals surface area contributed by atoms with Crippen LogP contribution in [0.1, 0.15) is 46.0 Å². The van der Waals surface area contributed by atoms with Crippen molar-refractivity contribution in [2.75, 3.05) is 13.2 Å². The summed E-state index contributed by atoms with van der Waals surface area (Å²) in [6.45, 7) is 5.38. The third kappa shape index (κ3) is 5.15. The quantitative estimate of drug-likeness (QED) is 0.625. The summed E-state index contributed by atoms with van der Waals surface area (Å²) in [6.07, 6.45) is 5.92. The number of rotatable bonds is 8. The molecule has 1 N–H and O–H groups in total. The van der Waals surface area contributed by atoms with Crippen molar-refractivity contribution < 1.29 is 4.74 Å². The van der Waals surface area contributed by atoms with Crippen LogP contribution in [0.3, 0.4) is 0 Å². The van der Waals surface area contributed by atoms with Gasteiger partial charge in [0.1, 0.15) is 5.54 Å². The minimum absolute atomic E-state index is 0.493. The molecule has 3 nitrogen and oxygen atoms in total. The molecule has 3 heteroatoms. The first-order valence-electron chi connectivity index (χ1n) is 5.97. The highest BCUT2D eigenvalue weighted by Crippen LogP contribution is 2.22. The summed E-state index contributed by atoms with van der Waals surface area (Å²) in [7, 11) is 0. The molecule has 86 valence electrons. The van der Waals surface area contributed by atoms with Crippen molar-refractivity contribution in [3.8, 4) is 6.07 Å². The van der Waals surface area contributed by atoms with Gasteiger partial charge < -0.3 is 4.74 Å². The van der Waals surface area contributed by atoms with E-state index in [1.54, 1.807) is 0 Å². The Labute approximate surface area is 92.8 Å². The van der Waals surface area contributed by atoms with E-state index >= 15 is 0 Å². The van der Waals surface area contributed by atoms with Crippen LogP contribution in [0.2, 0.25) is 0 Å². The molecule has 0 saturated heterocycles. The third-order valence-corrected chi connectivity index (χ3v) is 2.63. The molecule has 1 saturated carbocycles. The first kappa shape index (κ1) is 12.5. The van der Waals surface area contributed by atoms with Gasteiger partial charge in [0.2, 0.25) is 0 Å². The molecule has 0 aromatic carbocycles. The smallest absolute Gasteiger partial charge is 0.127 e. The molecule has 1 unspecified atom stereocenters. The summed E-state index contributed by atoms with van der Waals surface area (Å²) in [6, 6.07) is 2.85. The Morgan fingerprint density at radius 3 is 2.73 bits per heavy atom. The fraction of sp³-hybridized carbons (Fsp3) is 0.917. The Balaban J connectivity index is 2.12. The van der Waals surface area contributed by atoms with Gasteiger partial charge in [-0.25, -0.2) is 0 Å². The van der Waals surface area contributed by atoms with Crippen molar-refractivity contribution in [2.24, 2.45) is 0 Å². The van der Waals surface area contributed by atoms with Crippen LogP contribution in [0.4, 0.5) is 0 Å². The first-order valence-corrected chi connectivity index (χ1v) is 5.97. The van der Waals surface area contributed by atoms with Gasteiger partial charge in [-0.15, -0.1) is 0 Å². The molecule has 0 aromatic heterocycles. The second-order valence-corrected chi connectivity index (χ2v) is 4.62. The molecule has 0 aliphatic heterocycles. The van der Waals surface area contributed by atoms with Crippen LogP contribution in [0, 0.1) is 11.3 Å². The summed E-state index contributed by atoms with van der Waals surface area (Å²) in [5.74, 6) is 0. The number of nitriles is 1. The van der Waals surface area contributed by atoms with Crippen molar-refractivity contribution in [2.45, 2.75) is 57.5 Å². The Morgan fingerprint density at radius 1 is 1.47 bits per heavy atom. The molecule has 0 amide bonds. The zero-order chi connectivity index (χ0) is 11.1. The molecule has 0 heterocycles. The van der Waals surface area contributed by atoms with E-state index in [1.165, 1.54) is 25.7 Å². The van der Waals surface area contributed by atoms with Gasteiger partial charge in [-0.1, -0.05) is 19.8 Å². The van der Waals surface area contributed by atoms with Crippen molar-refractivity contribution in [3.63, 3.8) is 0 Å². The molecule has 0 radical (unpaired) electrons. The van der Waals surface area contributed by atoms with E-state index in [2.05, 4.69) is 18.3 Å². The maximum absolute atomic E-state index is 9.07. The Bertz CT molecular complexity index is 220. The van der Waals surface area contributed by atoms with Gasteiger partial charge in [0.05, 0.1) is 12.7 Å². The highest BCUT2D eigenvalue weighted by Gasteiger charge is 2.32. The molecule has 1 aliphatic carbocycles. The van der Waals surface area contributed by atoms with Gasteiger partial charge in [0.25, 0.3) is 0 Å². The minimum Gasteiger partial charge on any atom is -0.378 e. The average Bonchev–Trinajstić information content (AvgIpc) is 3.01. The molecule has 1 rings (SSSR count). The fourth-order valence-corrected chi connectivity index (χ4v) is 1.51. The summed E-state index contributed by atoms with van der Waals surface area (Å²) in [4.78, 5) is 0. The largest absolute Gasteiger partial charge is 0.378 e. The Morgan fingerprint density at radius 2 is 2.20 bits per heavy atom. The summed E-state index contributed by atoms with van der Waals surface area (Å²) < 4.78 is 5.54. The number of nitrogens with zero attached hydrogens (tertiary/aromatic N) is 1. The predicted octanol–water partition coefficient (Wildman–Crippen LogP) is 2.23. The van der Waals surface area contributed by atoms with E-state index in [1.807, 2.05) is 6.92 Å². The van der Waals surface area contributed by atoms with E-state index in [-0.39, 0.29) is 0 Å². The lowest BCUT2D eigenvalue weighted by molar-refractivity contribution is 0.0918. The van der Waals surface area contributed by atoms with Gasteiger partial charge in [-0.05, 0) is 26.2 Å². The topological polar surface area (TPSA) is 45.0 Å². The van der Waals surface area contributed by atoms with E-state index in [4.69, 9.17) is 10.00 Å². The van der Waals surface area contributed by atoms with Gasteiger partial charge in [-0.2, -0.15) is 5.26 Å². The summed E-state index contributed by atoms with van der Waals surface area (Å²) in [5.41, 5.74) is -0.493. The van der Waals surface area contributed by atoms with E-state index < -0.39 is 5.54 Å². The predicted molar refractivity (Wildman–Crippen MR) is 60.5 cm³/mol. The molecular weight excluding hydrogens is 188 g/mol. The normalized spacial score (nSPS) is 19.5. The Kier molecular flexibility index (Phi) is 5.07. The van der Waals surface area contributed by atoms with Gasteiger partial charge >= 0.3 is 0 Å². The second-order valence-electron chi connectivity index (χ2n) is 4.62. The number of hydrogen-bond donors (Lipinski definition) is 1. The number of unbranched alkanes of at least 4 members (excludes halogenated alkanes) is 2. The first-order chi connectivity index (χ1) is 7.20. The van der Waals surface area contributed by atoms with E-state index in [9.17, 15) is 0 Å². The van der Waals surface area contributed by atoms with Crippen LogP contribution < -0.4 is 5.32 Å². The molecule has 0 aromatic rings. The van der Waals surface area contributed by atoms with Crippen molar-refractivity contribution in [1.29, 1.82) is 5.26 Å². The second kappa shape index (κ2) is 6.09. The molecular formula is C12H22N2O. The van der Waals surface area contributed by atoms with Crippen LogP contribution in [-0.2, 0) is 4.74 Å². The number of nitrogens with one attached hydrogen (secondary N) is 1. The number of ether oxygens (including phenoxy) is 1. The highest BCUT2D eigenvalue weighted by molar-refractivity contribution is 5.07. The minimum atomic E-state index is -0.493. The monoisotopic (exact) mass is 210 g/mol. The summed E-state index contributed by atoms with van der Waals surface area (Å²) in [5, 5.41) is 12.4. The van der Waals surface area contributed by atoms with Crippen LogP contribution in [0.5, 0.6) is 0 Å². The van der Waals surface area contributed by atoms with Crippen LogP contribution in [0.15, 0.2) is 0 Å². The summed E-state index contributed by atoms with van der Waals surface area (Å²) >= 11 is 0. The molecule has 1 atom stereocenters. The van der Waals surface area contributed by atoms with E-state index in [0.29, 0.717) is 12.6 Å². The lowest BCUT2D eigenvalue weighted by Gasteiger charge is -2.22. The number of hydrogen-bond acceptors (Lipinski definition) is 3. The standard InChI is InChI=1S/C12H22N2O/c1-3-4-5-8-15-10-12(2,9-13)14-11-6-7-11/h11,14H,3-8,10H2,1-2H3.